The summed E-state index contributed by atoms with van der Waals surface area (Å²) in [7, 11) is 0. The standard InChI is InChI=1S/C25H30N4O4S2/c1-3-28-11-10-15-17(24(35-19(15)13-28)29-20(31)8-9-21(29)32)12-26-25(33)27-23-22(14(2)30)16-6-4-5-7-18(16)34-23/h3-13H2,1-2H3,(H2,26,27,33). The number of thiophene rings is 2. The molecule has 10 heteroatoms. The van der Waals surface area contributed by atoms with Crippen LogP contribution in [-0.2, 0) is 41.9 Å². The van der Waals surface area contributed by atoms with Gasteiger partial charge in [-0.05, 0) is 56.7 Å². The minimum absolute atomic E-state index is 0.0274. The zero-order chi connectivity index (χ0) is 24.7. The van der Waals surface area contributed by atoms with Crippen LogP contribution in [0.25, 0.3) is 0 Å². The quantitative estimate of drug-likeness (QED) is 0.444. The van der Waals surface area contributed by atoms with Crippen LogP contribution in [0.3, 0.4) is 0 Å². The highest BCUT2D eigenvalue weighted by molar-refractivity contribution is 7.17. The average Bonchev–Trinajstić information content (AvgIpc) is 3.48. The number of hydrogen-bond donors (Lipinski definition) is 2. The number of anilines is 2. The maximum Gasteiger partial charge on any atom is 0.320 e. The van der Waals surface area contributed by atoms with Crippen molar-refractivity contribution in [3.63, 3.8) is 0 Å². The molecule has 0 spiro atoms. The van der Waals surface area contributed by atoms with Crippen LogP contribution >= 0.6 is 22.7 Å². The molecule has 35 heavy (non-hydrogen) atoms. The number of fused-ring (bicyclic) bond motifs is 2. The third-order valence-electron chi connectivity index (χ3n) is 7.10. The maximum absolute atomic E-state index is 12.9. The predicted molar refractivity (Wildman–Crippen MR) is 138 cm³/mol. The number of rotatable bonds is 6. The molecule has 8 nitrogen and oxygen atoms in total. The van der Waals surface area contributed by atoms with Crippen molar-refractivity contribution >= 4 is 56.3 Å². The lowest BCUT2D eigenvalue weighted by atomic mass is 9.94. The molecule has 2 N–H and O–H groups in total. The lowest BCUT2D eigenvalue weighted by molar-refractivity contribution is -0.121. The molecule has 1 aliphatic carbocycles. The van der Waals surface area contributed by atoms with E-state index in [4.69, 9.17) is 0 Å². The third-order valence-corrected chi connectivity index (χ3v) is 9.55. The molecule has 2 aromatic rings. The van der Waals surface area contributed by atoms with Gasteiger partial charge in [-0.25, -0.2) is 9.69 Å². The predicted octanol–water partition coefficient (Wildman–Crippen LogP) is 4.24. The minimum atomic E-state index is -0.387. The first kappa shape index (κ1) is 24.1. The van der Waals surface area contributed by atoms with Crippen LogP contribution in [0.4, 0.5) is 14.8 Å². The first-order valence-electron chi connectivity index (χ1n) is 12.3. The number of likely N-dealkylation sites (N-methyl/N-ethyl adjacent to an activating group) is 1. The van der Waals surface area contributed by atoms with E-state index >= 15 is 0 Å². The molecule has 3 aliphatic rings. The number of urea groups is 1. The summed E-state index contributed by atoms with van der Waals surface area (Å²) in [6.45, 7) is 6.52. The second-order valence-electron chi connectivity index (χ2n) is 9.31. The van der Waals surface area contributed by atoms with Gasteiger partial charge in [0.05, 0.1) is 5.56 Å². The molecule has 1 fully saturated rings. The van der Waals surface area contributed by atoms with Crippen molar-refractivity contribution in [2.45, 2.75) is 71.9 Å². The Kier molecular flexibility index (Phi) is 6.78. The van der Waals surface area contributed by atoms with Gasteiger partial charge in [0, 0.05) is 47.8 Å². The summed E-state index contributed by atoms with van der Waals surface area (Å²) in [5.41, 5.74) is 3.72. The first-order chi connectivity index (χ1) is 16.9. The van der Waals surface area contributed by atoms with Crippen LogP contribution in [0.2, 0.25) is 0 Å². The van der Waals surface area contributed by atoms with Crippen molar-refractivity contribution in [3.05, 3.63) is 32.0 Å². The Morgan fingerprint density at radius 1 is 0.943 bits per heavy atom. The van der Waals surface area contributed by atoms with Crippen LogP contribution < -0.4 is 15.5 Å². The smallest absolute Gasteiger partial charge is 0.320 e. The fraction of sp³-hybridized carbons (Fsp3) is 0.520. The van der Waals surface area contributed by atoms with Crippen LogP contribution in [-0.4, -0.2) is 41.6 Å². The molecule has 2 aromatic heterocycles. The van der Waals surface area contributed by atoms with E-state index in [1.807, 2.05) is 0 Å². The lowest BCUT2D eigenvalue weighted by Gasteiger charge is -2.25. The number of amides is 4. The van der Waals surface area contributed by atoms with Gasteiger partial charge in [0.1, 0.15) is 10.0 Å². The van der Waals surface area contributed by atoms with E-state index in [0.29, 0.717) is 15.6 Å². The van der Waals surface area contributed by atoms with Gasteiger partial charge < -0.3 is 5.32 Å². The van der Waals surface area contributed by atoms with Gasteiger partial charge in [0.25, 0.3) is 0 Å². The Bertz CT molecular complexity index is 1200. The molecular weight excluding hydrogens is 484 g/mol. The summed E-state index contributed by atoms with van der Waals surface area (Å²) in [6, 6.07) is -0.387. The Labute approximate surface area is 212 Å². The van der Waals surface area contributed by atoms with E-state index in [0.717, 1.165) is 73.3 Å². The van der Waals surface area contributed by atoms with Crippen LogP contribution in [0.15, 0.2) is 0 Å². The van der Waals surface area contributed by atoms with Gasteiger partial charge in [-0.15, -0.1) is 22.7 Å². The van der Waals surface area contributed by atoms with Crippen molar-refractivity contribution in [1.29, 1.82) is 0 Å². The van der Waals surface area contributed by atoms with Crippen molar-refractivity contribution < 1.29 is 19.2 Å². The van der Waals surface area contributed by atoms with Gasteiger partial charge in [0.2, 0.25) is 11.8 Å². The molecular formula is C25H30N4O4S2. The largest absolute Gasteiger partial charge is 0.334 e. The van der Waals surface area contributed by atoms with Crippen LogP contribution in [0, 0.1) is 0 Å². The molecule has 0 aromatic carbocycles. The summed E-state index contributed by atoms with van der Waals surface area (Å²) < 4.78 is 0. The first-order valence-corrected chi connectivity index (χ1v) is 13.9. The van der Waals surface area contributed by atoms with E-state index in [-0.39, 0.29) is 43.0 Å². The third kappa shape index (κ3) is 4.54. The molecule has 0 radical (unpaired) electrons. The Balaban J connectivity index is 1.38. The van der Waals surface area contributed by atoms with Gasteiger partial charge in [-0.2, -0.15) is 0 Å². The highest BCUT2D eigenvalue weighted by atomic mass is 32.1. The van der Waals surface area contributed by atoms with Crippen molar-refractivity contribution in [2.75, 3.05) is 23.3 Å². The summed E-state index contributed by atoms with van der Waals surface area (Å²) in [6.07, 6.45) is 5.26. The molecule has 1 saturated heterocycles. The topological polar surface area (TPSA) is 98.8 Å². The van der Waals surface area contributed by atoms with Crippen molar-refractivity contribution in [1.82, 2.24) is 10.2 Å². The monoisotopic (exact) mass is 514 g/mol. The van der Waals surface area contributed by atoms with Gasteiger partial charge in [-0.3, -0.25) is 24.6 Å². The number of hydrogen-bond acceptors (Lipinski definition) is 7. The molecule has 4 heterocycles. The minimum Gasteiger partial charge on any atom is -0.334 e. The molecule has 4 amide bonds. The fourth-order valence-electron chi connectivity index (χ4n) is 5.29. The highest BCUT2D eigenvalue weighted by Gasteiger charge is 2.36. The summed E-state index contributed by atoms with van der Waals surface area (Å²) >= 11 is 2.99. The van der Waals surface area contributed by atoms with Crippen LogP contribution in [0.5, 0.6) is 0 Å². The van der Waals surface area contributed by atoms with E-state index in [1.54, 1.807) is 6.92 Å². The van der Waals surface area contributed by atoms with Crippen molar-refractivity contribution in [2.24, 2.45) is 0 Å². The van der Waals surface area contributed by atoms with Gasteiger partial charge >= 0.3 is 6.03 Å². The number of nitrogens with zero attached hydrogens (tertiary/aromatic N) is 2. The Morgan fingerprint density at radius 2 is 1.69 bits per heavy atom. The number of carbonyl (C=O) groups is 4. The normalized spacial score (nSPS) is 17.9. The van der Waals surface area contributed by atoms with Crippen molar-refractivity contribution in [3.8, 4) is 0 Å². The number of Topliss-reactive ketones (excluding diaryl/α,β-unsaturated/α-hetero) is 1. The van der Waals surface area contributed by atoms with Gasteiger partial charge in [0.15, 0.2) is 5.78 Å². The van der Waals surface area contributed by atoms with E-state index in [2.05, 4.69) is 22.5 Å². The number of carbonyl (C=O) groups excluding carboxylic acids is 4. The second-order valence-corrected chi connectivity index (χ2v) is 11.5. The average molecular weight is 515 g/mol. The zero-order valence-electron chi connectivity index (χ0n) is 20.1. The molecule has 0 unspecified atom stereocenters. The second kappa shape index (κ2) is 9.83. The highest BCUT2D eigenvalue weighted by Crippen LogP contribution is 2.41. The number of imide groups is 1. The molecule has 0 saturated carbocycles. The molecule has 5 rings (SSSR count). The SMILES string of the molecule is CCN1CCc2c(sc(N3C(=O)CCC3=O)c2CNC(=O)Nc2sc3c(c2C(C)=O)CCCC3)C1. The van der Waals surface area contributed by atoms with Crippen LogP contribution in [0.1, 0.15) is 76.3 Å². The van der Waals surface area contributed by atoms with E-state index < -0.39 is 0 Å². The molecule has 2 aliphatic heterocycles. The summed E-state index contributed by atoms with van der Waals surface area (Å²) in [5, 5.41) is 7.11. The maximum atomic E-state index is 12.9. The fourth-order valence-corrected chi connectivity index (χ4v) is 8.06. The number of nitrogens with one attached hydrogen (secondary N) is 2. The summed E-state index contributed by atoms with van der Waals surface area (Å²) in [5.74, 6) is -0.385. The molecule has 186 valence electrons. The van der Waals surface area contributed by atoms with E-state index in [9.17, 15) is 19.2 Å². The lowest BCUT2D eigenvalue weighted by Crippen LogP contribution is -2.33. The number of aryl methyl sites for hydroxylation is 1. The zero-order valence-corrected chi connectivity index (χ0v) is 21.8. The van der Waals surface area contributed by atoms with Gasteiger partial charge in [-0.1, -0.05) is 6.92 Å². The Morgan fingerprint density at radius 3 is 2.40 bits per heavy atom. The van der Waals surface area contributed by atoms with E-state index in [1.165, 1.54) is 32.5 Å². The molecule has 0 atom stereocenters. The Hall–Kier alpha value is -2.56. The summed E-state index contributed by atoms with van der Waals surface area (Å²) in [4.78, 5) is 56.3. The molecule has 0 bridgehead atoms. The number of ketones is 1.